The van der Waals surface area contributed by atoms with Gasteiger partial charge in [-0.15, -0.1) is 0 Å². The first-order valence-electron chi connectivity index (χ1n) is 21.1. The molecule has 6 aliphatic heterocycles. The number of thioether (sulfide) groups is 1. The van der Waals surface area contributed by atoms with Gasteiger partial charge in [-0.1, -0.05) is 6.92 Å². The van der Waals surface area contributed by atoms with Crippen LogP contribution in [0.15, 0.2) is 24.3 Å². The second-order valence-electron chi connectivity index (χ2n) is 17.6. The fourth-order valence-electron chi connectivity index (χ4n) is 9.63. The number of carbonyl (C=O) groups is 2. The predicted molar refractivity (Wildman–Crippen MR) is 207 cm³/mol. The highest BCUT2D eigenvalue weighted by Crippen LogP contribution is 2.56. The number of benzene rings is 1. The van der Waals surface area contributed by atoms with Gasteiger partial charge in [0, 0.05) is 29.3 Å². The van der Waals surface area contributed by atoms with Crippen LogP contribution in [-0.2, 0) is 47.4 Å². The van der Waals surface area contributed by atoms with Crippen molar-refractivity contribution in [1.29, 1.82) is 0 Å². The molecule has 24 atom stereocenters. The summed E-state index contributed by atoms with van der Waals surface area (Å²) >= 11 is 1.23. The van der Waals surface area contributed by atoms with E-state index in [0.717, 1.165) is 0 Å². The average molecular weight is 937 g/mol. The van der Waals surface area contributed by atoms with E-state index in [1.165, 1.54) is 43.0 Å². The summed E-state index contributed by atoms with van der Waals surface area (Å²) in [6, 6.07) is 5.37. The van der Waals surface area contributed by atoms with Crippen LogP contribution in [0.25, 0.3) is 0 Å². The summed E-state index contributed by atoms with van der Waals surface area (Å²) in [4.78, 5) is 27.3. The molecule has 360 valence electrons. The number of aromatic hydroxyl groups is 1. The lowest BCUT2D eigenvalue weighted by molar-refractivity contribution is -0.387. The van der Waals surface area contributed by atoms with E-state index in [9.17, 15) is 70.9 Å². The molecule has 6 heterocycles. The SMILES string of the molecule is C[C@@H]1CO[C@@]2(C[C@@H]1OC(=O)c1ccc(O)cc1)O[C@H]1[C@H]3SCC(O[C@@H]4O[C@H](CO)[C@@H](O)[C@H](O)[C@H]4O[C@@H]4O[C@H](CO)[C@@H](O)[C@H](O[C@@H]5O[C@@H](C)[C@H](O)[C@@H](O)[C@H]5O)[C@H]4O)[C@H]3C[C@H](O)[C@]1(O)C2=O. The van der Waals surface area contributed by atoms with Gasteiger partial charge in [0.15, 0.2) is 24.5 Å². The van der Waals surface area contributed by atoms with Crippen LogP contribution in [0.3, 0.4) is 0 Å². The van der Waals surface area contributed by atoms with Crippen LogP contribution < -0.4 is 0 Å². The number of carbonyl (C=O) groups excluding carboxylic acids is 2. The summed E-state index contributed by atoms with van der Waals surface area (Å²) < 4.78 is 53.2. The first-order valence-corrected chi connectivity index (χ1v) is 22.2. The second kappa shape index (κ2) is 18.7. The number of hydrogen-bond donors (Lipinski definition) is 12. The summed E-state index contributed by atoms with van der Waals surface area (Å²) in [5.41, 5.74) is -2.32. The Balaban J connectivity index is 0.987. The molecular formula is C40H56O23S. The molecular weight excluding hydrogens is 880 g/mol. The summed E-state index contributed by atoms with van der Waals surface area (Å²) in [7, 11) is 0. The molecule has 7 aliphatic rings. The Bertz CT molecular complexity index is 1810. The number of Topliss-reactive ketones (excluding diaryl/α,β-unsaturated/α-hetero) is 1. The molecule has 0 bridgehead atoms. The number of phenols is 1. The molecule has 0 aromatic heterocycles. The first kappa shape index (κ1) is 48.2. The van der Waals surface area contributed by atoms with E-state index in [1.807, 2.05) is 0 Å². The molecule has 1 unspecified atom stereocenters. The molecule has 1 aromatic rings. The van der Waals surface area contributed by atoms with Gasteiger partial charge < -0.3 is 104 Å². The number of ketones is 1. The molecule has 6 saturated heterocycles. The average Bonchev–Trinajstić information content (AvgIpc) is 3.76. The van der Waals surface area contributed by atoms with Crippen LogP contribution in [0.5, 0.6) is 5.75 Å². The Morgan fingerprint density at radius 3 is 2.09 bits per heavy atom. The molecule has 1 spiro atoms. The lowest BCUT2D eigenvalue weighted by atomic mass is 9.70. The van der Waals surface area contributed by atoms with Gasteiger partial charge in [-0.25, -0.2) is 4.79 Å². The summed E-state index contributed by atoms with van der Waals surface area (Å²) in [6.07, 6.45) is -30.8. The van der Waals surface area contributed by atoms with Crippen molar-refractivity contribution < 1.29 is 113 Å². The van der Waals surface area contributed by atoms with Crippen molar-refractivity contribution in [3.05, 3.63) is 29.8 Å². The smallest absolute Gasteiger partial charge is 0.338 e. The maximum absolute atomic E-state index is 14.2. The maximum atomic E-state index is 14.2. The molecule has 1 aliphatic carbocycles. The molecule has 1 saturated carbocycles. The Hall–Kier alpha value is -2.25. The van der Waals surface area contributed by atoms with Gasteiger partial charge in [0.2, 0.25) is 11.6 Å². The van der Waals surface area contributed by atoms with Gasteiger partial charge in [-0.05, 0) is 37.6 Å². The van der Waals surface area contributed by atoms with Crippen molar-refractivity contribution in [2.24, 2.45) is 11.8 Å². The molecule has 64 heavy (non-hydrogen) atoms. The van der Waals surface area contributed by atoms with Gasteiger partial charge >= 0.3 is 5.97 Å². The van der Waals surface area contributed by atoms with Crippen LogP contribution >= 0.6 is 11.8 Å². The lowest BCUT2D eigenvalue weighted by Gasteiger charge is -2.48. The van der Waals surface area contributed by atoms with Gasteiger partial charge in [-0.3, -0.25) is 4.79 Å². The third kappa shape index (κ3) is 8.39. The topological polar surface area (TPSA) is 360 Å². The van der Waals surface area contributed by atoms with Crippen molar-refractivity contribution in [1.82, 2.24) is 0 Å². The number of phenolic OH excluding ortho intramolecular Hbond substituents is 1. The van der Waals surface area contributed by atoms with E-state index in [4.69, 9.17) is 42.6 Å². The van der Waals surface area contributed by atoms with Crippen LogP contribution in [0.4, 0.5) is 0 Å². The van der Waals surface area contributed by atoms with E-state index in [2.05, 4.69) is 0 Å². The zero-order valence-electron chi connectivity index (χ0n) is 34.5. The first-order chi connectivity index (χ1) is 30.3. The fraction of sp³-hybridized carbons (Fsp3) is 0.800. The number of esters is 1. The minimum absolute atomic E-state index is 0.0583. The van der Waals surface area contributed by atoms with E-state index in [-0.39, 0.29) is 36.5 Å². The minimum atomic E-state index is -2.46. The molecule has 0 amide bonds. The van der Waals surface area contributed by atoms with Crippen LogP contribution in [0.1, 0.15) is 37.0 Å². The van der Waals surface area contributed by atoms with Crippen LogP contribution in [0.2, 0.25) is 0 Å². The number of ether oxygens (including phenoxy) is 9. The Morgan fingerprint density at radius 1 is 0.766 bits per heavy atom. The zero-order chi connectivity index (χ0) is 46.2. The highest BCUT2D eigenvalue weighted by molar-refractivity contribution is 8.00. The third-order valence-corrected chi connectivity index (χ3v) is 15.0. The van der Waals surface area contributed by atoms with Crippen molar-refractivity contribution in [2.75, 3.05) is 25.6 Å². The largest absolute Gasteiger partial charge is 0.508 e. The van der Waals surface area contributed by atoms with Crippen LogP contribution in [-0.4, -0.2) is 232 Å². The van der Waals surface area contributed by atoms with E-state index < -0.39 is 170 Å². The lowest BCUT2D eigenvalue weighted by Crippen LogP contribution is -2.67. The van der Waals surface area contributed by atoms with Gasteiger partial charge in [-0.2, -0.15) is 11.8 Å². The highest BCUT2D eigenvalue weighted by atomic mass is 32.2. The quantitative estimate of drug-likeness (QED) is 0.0975. The standard InChI is InChI=1S/C40H56O23S/c1-13-11-55-39(8-18(13)57-34(52)15-3-5-16(43)6-4-15)38(53)40(54)22(44)7-17-21(12-64-32(17)33(40)63-39)60-37-31(27(49)24(46)19(9-41)59-37)62-36-29(51)30(25(47)20(10-42)58-36)61-35-28(50)26(48)23(45)14(2)56-35/h3-6,13-14,17-33,35-37,41-51,54H,7-12H2,1-2H3/t13-,14+,17-,18+,19-,20-,21?,22+,23+,24-,25-,26-,27+,28-,29-,30+,31-,32+,33+,35+,36+,37+,39+,40-/m1/s1. The van der Waals surface area contributed by atoms with E-state index in [0.29, 0.717) is 0 Å². The number of rotatable bonds is 10. The second-order valence-corrected chi connectivity index (χ2v) is 18.8. The maximum Gasteiger partial charge on any atom is 0.338 e. The molecule has 24 heteroatoms. The van der Waals surface area contributed by atoms with Gasteiger partial charge in [0.1, 0.15) is 85.1 Å². The monoisotopic (exact) mass is 936 g/mol. The fourth-order valence-corrected chi connectivity index (χ4v) is 11.3. The highest BCUT2D eigenvalue weighted by Gasteiger charge is 2.74. The van der Waals surface area contributed by atoms with E-state index in [1.54, 1.807) is 6.92 Å². The summed E-state index contributed by atoms with van der Waals surface area (Å²) in [5, 5.41) is 128. The summed E-state index contributed by atoms with van der Waals surface area (Å²) in [5.74, 6) is -4.83. The number of aliphatic hydroxyl groups is 11. The van der Waals surface area contributed by atoms with Crippen molar-refractivity contribution in [3.8, 4) is 5.75 Å². The number of hydrogen-bond acceptors (Lipinski definition) is 24. The number of fused-ring (bicyclic) bond motifs is 3. The zero-order valence-corrected chi connectivity index (χ0v) is 35.3. The third-order valence-electron chi connectivity index (χ3n) is 13.5. The van der Waals surface area contributed by atoms with Crippen molar-refractivity contribution in [2.45, 2.75) is 160 Å². The van der Waals surface area contributed by atoms with Gasteiger partial charge in [0.25, 0.3) is 0 Å². The summed E-state index contributed by atoms with van der Waals surface area (Å²) in [6.45, 7) is 1.34. The molecule has 23 nitrogen and oxygen atoms in total. The van der Waals surface area contributed by atoms with Crippen molar-refractivity contribution in [3.63, 3.8) is 0 Å². The molecule has 1 aromatic carbocycles. The van der Waals surface area contributed by atoms with Crippen LogP contribution in [0, 0.1) is 11.8 Å². The predicted octanol–water partition coefficient (Wildman–Crippen LogP) is -5.27. The van der Waals surface area contributed by atoms with E-state index >= 15 is 0 Å². The molecule has 12 N–H and O–H groups in total. The molecule has 0 radical (unpaired) electrons. The normalized spacial score (nSPS) is 50.5. The van der Waals surface area contributed by atoms with Gasteiger partial charge in [0.05, 0.1) is 43.7 Å². The Kier molecular flexibility index (Phi) is 14.1. The molecule has 7 fully saturated rings. The minimum Gasteiger partial charge on any atom is -0.508 e. The molecule has 8 rings (SSSR count). The number of aliphatic hydroxyl groups excluding tert-OH is 10. The Morgan fingerprint density at radius 2 is 1.41 bits per heavy atom. The van der Waals surface area contributed by atoms with Crippen molar-refractivity contribution >= 4 is 23.5 Å². The Labute approximate surface area is 369 Å².